The highest BCUT2D eigenvalue weighted by molar-refractivity contribution is 7.89. The lowest BCUT2D eigenvalue weighted by Gasteiger charge is -2.19. The summed E-state index contributed by atoms with van der Waals surface area (Å²) in [6.07, 6.45) is 0. The number of ether oxygens (including phenoxy) is 1. The van der Waals surface area contributed by atoms with Gasteiger partial charge in [-0.25, -0.2) is 8.42 Å². The summed E-state index contributed by atoms with van der Waals surface area (Å²) in [5, 5.41) is 2.88. The average molecular weight is 419 g/mol. The molecule has 0 aromatic heterocycles. The molecule has 0 aliphatic rings. The number of carbonyl (C=O) groups excluding carboxylic acids is 1. The first-order valence-corrected chi connectivity index (χ1v) is 11.2. The lowest BCUT2D eigenvalue weighted by Crippen LogP contribution is -2.32. The number of benzene rings is 2. The van der Waals surface area contributed by atoms with E-state index in [0.29, 0.717) is 13.1 Å². The lowest BCUT2D eigenvalue weighted by molar-refractivity contribution is -0.123. The van der Waals surface area contributed by atoms with Crippen LogP contribution in [0.25, 0.3) is 0 Å². The maximum atomic E-state index is 12.6. The fourth-order valence-electron chi connectivity index (χ4n) is 3.17. The normalized spacial score (nSPS) is 12.6. The van der Waals surface area contributed by atoms with Crippen LogP contribution in [0.3, 0.4) is 0 Å². The van der Waals surface area contributed by atoms with Crippen LogP contribution >= 0.6 is 0 Å². The number of amides is 1. The molecule has 0 spiro atoms. The first-order chi connectivity index (χ1) is 13.7. The number of nitrogens with one attached hydrogen (secondary N) is 1. The summed E-state index contributed by atoms with van der Waals surface area (Å²) in [6.45, 7) is 10.1. The number of nitrogens with zero attached hydrogens (tertiary/aromatic N) is 1. The zero-order chi connectivity index (χ0) is 21.6. The molecule has 1 atom stereocenters. The minimum atomic E-state index is -3.49. The second-order valence-electron chi connectivity index (χ2n) is 6.96. The standard InChI is InChI=1S/C22H30N2O4S/c1-6-24(7-2)29(26,27)20-13-11-19(12-14-20)18(5)23-21(25)15-28-22-16(3)9-8-10-17(22)4/h8-14,18H,6-7,15H2,1-5H3,(H,23,25). The summed E-state index contributed by atoms with van der Waals surface area (Å²) in [5.74, 6) is 0.487. The van der Waals surface area contributed by atoms with Crippen molar-refractivity contribution in [1.82, 2.24) is 9.62 Å². The Kier molecular flexibility index (Phi) is 7.81. The van der Waals surface area contributed by atoms with E-state index in [9.17, 15) is 13.2 Å². The second kappa shape index (κ2) is 9.89. The molecule has 6 nitrogen and oxygen atoms in total. The molecule has 0 saturated carbocycles. The molecule has 1 unspecified atom stereocenters. The molecule has 7 heteroatoms. The van der Waals surface area contributed by atoms with Crippen LogP contribution in [0.4, 0.5) is 0 Å². The molecular weight excluding hydrogens is 388 g/mol. The first kappa shape index (κ1) is 22.9. The number of carbonyl (C=O) groups is 1. The number of rotatable bonds is 9. The molecule has 0 radical (unpaired) electrons. The topological polar surface area (TPSA) is 75.7 Å². The van der Waals surface area contributed by atoms with Gasteiger partial charge in [-0.1, -0.05) is 44.2 Å². The molecule has 2 rings (SSSR count). The molecule has 1 N–H and O–H groups in total. The summed E-state index contributed by atoms with van der Waals surface area (Å²) in [7, 11) is -3.49. The summed E-state index contributed by atoms with van der Waals surface area (Å²) in [6, 6.07) is 12.2. The van der Waals surface area contributed by atoms with Gasteiger partial charge in [-0.05, 0) is 49.6 Å². The Balaban J connectivity index is 2.00. The van der Waals surface area contributed by atoms with E-state index in [1.807, 2.05) is 52.8 Å². The number of hydrogen-bond acceptors (Lipinski definition) is 4. The molecule has 0 saturated heterocycles. The van der Waals surface area contributed by atoms with Crippen LogP contribution in [0, 0.1) is 13.8 Å². The van der Waals surface area contributed by atoms with Crippen LogP contribution in [0.5, 0.6) is 5.75 Å². The molecule has 0 heterocycles. The molecule has 1 amide bonds. The van der Waals surface area contributed by atoms with Crippen molar-refractivity contribution in [2.24, 2.45) is 0 Å². The first-order valence-electron chi connectivity index (χ1n) is 9.79. The zero-order valence-electron chi connectivity index (χ0n) is 17.7. The highest BCUT2D eigenvalue weighted by Gasteiger charge is 2.21. The maximum Gasteiger partial charge on any atom is 0.258 e. The monoisotopic (exact) mass is 418 g/mol. The zero-order valence-corrected chi connectivity index (χ0v) is 18.5. The Bertz CT molecular complexity index is 916. The molecule has 29 heavy (non-hydrogen) atoms. The second-order valence-corrected chi connectivity index (χ2v) is 8.90. The van der Waals surface area contributed by atoms with E-state index in [1.165, 1.54) is 4.31 Å². The van der Waals surface area contributed by atoms with Gasteiger partial charge < -0.3 is 10.1 Å². The molecule has 2 aromatic rings. The predicted molar refractivity (Wildman–Crippen MR) is 115 cm³/mol. The predicted octanol–water partition coefficient (Wildman–Crippen LogP) is 3.59. The summed E-state index contributed by atoms with van der Waals surface area (Å²) in [5.41, 5.74) is 2.79. The Morgan fingerprint density at radius 2 is 1.59 bits per heavy atom. The number of hydrogen-bond donors (Lipinski definition) is 1. The van der Waals surface area contributed by atoms with Gasteiger partial charge in [0.05, 0.1) is 10.9 Å². The van der Waals surface area contributed by atoms with Gasteiger partial charge in [0.1, 0.15) is 5.75 Å². The van der Waals surface area contributed by atoms with E-state index in [-0.39, 0.29) is 23.5 Å². The van der Waals surface area contributed by atoms with Crippen molar-refractivity contribution < 1.29 is 17.9 Å². The van der Waals surface area contributed by atoms with E-state index < -0.39 is 10.0 Å². The molecule has 0 aliphatic heterocycles. The van der Waals surface area contributed by atoms with Crippen LogP contribution in [0.15, 0.2) is 47.4 Å². The van der Waals surface area contributed by atoms with E-state index in [4.69, 9.17) is 4.74 Å². The minimum Gasteiger partial charge on any atom is -0.483 e. The lowest BCUT2D eigenvalue weighted by atomic mass is 10.1. The van der Waals surface area contributed by atoms with Crippen molar-refractivity contribution in [2.45, 2.75) is 45.6 Å². The molecule has 0 bridgehead atoms. The molecule has 158 valence electrons. The van der Waals surface area contributed by atoms with E-state index in [2.05, 4.69) is 5.32 Å². The largest absolute Gasteiger partial charge is 0.483 e. The van der Waals surface area contributed by atoms with Gasteiger partial charge in [0.2, 0.25) is 10.0 Å². The fourth-order valence-corrected chi connectivity index (χ4v) is 4.63. The Morgan fingerprint density at radius 3 is 2.10 bits per heavy atom. The smallest absolute Gasteiger partial charge is 0.258 e. The van der Waals surface area contributed by atoms with Gasteiger partial charge in [0, 0.05) is 13.1 Å². The van der Waals surface area contributed by atoms with E-state index in [1.54, 1.807) is 24.3 Å². The summed E-state index contributed by atoms with van der Waals surface area (Å²) < 4.78 is 32.2. The quantitative estimate of drug-likeness (QED) is 0.675. The van der Waals surface area contributed by atoms with E-state index in [0.717, 1.165) is 22.4 Å². The van der Waals surface area contributed by atoms with Crippen LogP contribution in [-0.4, -0.2) is 38.3 Å². The Morgan fingerprint density at radius 1 is 1.03 bits per heavy atom. The third kappa shape index (κ3) is 5.58. The van der Waals surface area contributed by atoms with Gasteiger partial charge in [-0.3, -0.25) is 4.79 Å². The van der Waals surface area contributed by atoms with Gasteiger partial charge >= 0.3 is 0 Å². The van der Waals surface area contributed by atoms with Crippen LogP contribution in [0.2, 0.25) is 0 Å². The average Bonchev–Trinajstić information content (AvgIpc) is 2.68. The maximum absolute atomic E-state index is 12.6. The van der Waals surface area contributed by atoms with Crippen LogP contribution in [0.1, 0.15) is 43.5 Å². The van der Waals surface area contributed by atoms with Crippen LogP contribution in [-0.2, 0) is 14.8 Å². The van der Waals surface area contributed by atoms with Crippen molar-refractivity contribution in [3.63, 3.8) is 0 Å². The number of sulfonamides is 1. The third-order valence-corrected chi connectivity index (χ3v) is 6.92. The molecule has 0 fully saturated rings. The SMILES string of the molecule is CCN(CC)S(=O)(=O)c1ccc(C(C)NC(=O)COc2c(C)cccc2C)cc1. The van der Waals surface area contributed by atoms with Crippen LogP contribution < -0.4 is 10.1 Å². The van der Waals surface area contributed by atoms with E-state index >= 15 is 0 Å². The van der Waals surface area contributed by atoms with Crippen molar-refractivity contribution in [3.8, 4) is 5.75 Å². The Labute approximate surface area is 173 Å². The van der Waals surface area contributed by atoms with Gasteiger partial charge in [0.15, 0.2) is 6.61 Å². The molecular formula is C22H30N2O4S. The highest BCUT2D eigenvalue weighted by atomic mass is 32.2. The highest BCUT2D eigenvalue weighted by Crippen LogP contribution is 2.22. The van der Waals surface area contributed by atoms with Crippen molar-refractivity contribution >= 4 is 15.9 Å². The minimum absolute atomic E-state index is 0.0789. The molecule has 2 aromatic carbocycles. The molecule has 0 aliphatic carbocycles. The van der Waals surface area contributed by atoms with Crippen molar-refractivity contribution in [3.05, 3.63) is 59.2 Å². The Hall–Kier alpha value is -2.38. The summed E-state index contributed by atoms with van der Waals surface area (Å²) in [4.78, 5) is 12.5. The van der Waals surface area contributed by atoms with Gasteiger partial charge in [0.25, 0.3) is 5.91 Å². The summed E-state index contributed by atoms with van der Waals surface area (Å²) >= 11 is 0. The van der Waals surface area contributed by atoms with Crippen molar-refractivity contribution in [1.29, 1.82) is 0 Å². The van der Waals surface area contributed by atoms with Gasteiger partial charge in [-0.15, -0.1) is 0 Å². The number of aryl methyl sites for hydroxylation is 2. The van der Waals surface area contributed by atoms with Crippen molar-refractivity contribution in [2.75, 3.05) is 19.7 Å². The van der Waals surface area contributed by atoms with Gasteiger partial charge in [-0.2, -0.15) is 4.31 Å². The number of para-hydroxylation sites is 1. The fraction of sp³-hybridized carbons (Fsp3) is 0.409. The third-order valence-electron chi connectivity index (χ3n) is 4.86.